The van der Waals surface area contributed by atoms with Crippen molar-refractivity contribution in [2.45, 2.75) is 26.4 Å². The Morgan fingerprint density at radius 2 is 1.73 bits per heavy atom. The molecule has 0 aliphatic carbocycles. The number of esters is 1. The number of nitrogens with one attached hydrogen (secondary N) is 1. The number of halogens is 2. The predicted molar refractivity (Wildman–Crippen MR) is 92.9 cm³/mol. The molecule has 0 aliphatic rings. The molecular weight excluding hydrogens is 342 g/mol. The molecule has 0 unspecified atom stereocenters. The molecule has 2 aromatic carbocycles. The second-order valence-corrected chi connectivity index (χ2v) is 6.75. The first kappa shape index (κ1) is 17.7. The van der Waals surface area contributed by atoms with E-state index in [0.29, 0.717) is 10.9 Å². The van der Waals surface area contributed by atoms with Crippen molar-refractivity contribution in [1.82, 2.24) is 9.97 Å². The average Bonchev–Trinajstić information content (AvgIpc) is 2.52. The van der Waals surface area contributed by atoms with Gasteiger partial charge in [-0.15, -0.1) is 0 Å². The molecule has 0 spiro atoms. The number of benzene rings is 2. The first-order chi connectivity index (χ1) is 12.2. The van der Waals surface area contributed by atoms with Crippen LogP contribution < -0.4 is 5.56 Å². The van der Waals surface area contributed by atoms with E-state index in [1.807, 2.05) is 0 Å². The van der Waals surface area contributed by atoms with Gasteiger partial charge in [-0.05, 0) is 45.0 Å². The number of fused-ring (bicyclic) bond motifs is 1. The third-order valence-electron chi connectivity index (χ3n) is 3.53. The third kappa shape index (κ3) is 3.46. The molecule has 0 radical (unpaired) electrons. The zero-order valence-electron chi connectivity index (χ0n) is 14.4. The summed E-state index contributed by atoms with van der Waals surface area (Å²) in [6, 6.07) is 8.18. The van der Waals surface area contributed by atoms with Crippen LogP contribution in [0.5, 0.6) is 0 Å². The van der Waals surface area contributed by atoms with E-state index >= 15 is 0 Å². The number of ether oxygens (including phenoxy) is 1. The van der Waals surface area contributed by atoms with Crippen molar-refractivity contribution in [3.63, 3.8) is 0 Å². The summed E-state index contributed by atoms with van der Waals surface area (Å²) in [6.07, 6.45) is 0. The quantitative estimate of drug-likeness (QED) is 0.707. The fraction of sp³-hybridized carbons (Fsp3) is 0.211. The molecule has 0 saturated carbocycles. The summed E-state index contributed by atoms with van der Waals surface area (Å²) in [5, 5.41) is 0.308. The van der Waals surface area contributed by atoms with E-state index in [0.717, 1.165) is 12.1 Å². The van der Waals surface area contributed by atoms with E-state index in [4.69, 9.17) is 4.74 Å². The molecule has 26 heavy (non-hydrogen) atoms. The normalized spacial score (nSPS) is 11.6. The zero-order chi connectivity index (χ0) is 19.1. The molecule has 3 rings (SSSR count). The second-order valence-electron chi connectivity index (χ2n) is 6.75. The molecule has 0 aliphatic heterocycles. The number of para-hydroxylation sites is 1. The summed E-state index contributed by atoms with van der Waals surface area (Å²) >= 11 is 0. The standard InChI is InChI=1S/C19H16F2N2O3/c1-19(2,3)26-18(25)10-8-12(20)15(13(21)9-10)16-22-14-7-5-4-6-11(14)17(24)23-16/h4-9H,1-3H3,(H,22,23,24). The van der Waals surface area contributed by atoms with Gasteiger partial charge in [0.15, 0.2) is 0 Å². The maximum Gasteiger partial charge on any atom is 0.338 e. The highest BCUT2D eigenvalue weighted by Gasteiger charge is 2.23. The van der Waals surface area contributed by atoms with Gasteiger partial charge in [0.25, 0.3) is 5.56 Å². The molecule has 5 nitrogen and oxygen atoms in total. The molecule has 7 heteroatoms. The van der Waals surface area contributed by atoms with Crippen LogP contribution in [0, 0.1) is 11.6 Å². The van der Waals surface area contributed by atoms with Crippen molar-refractivity contribution in [2.24, 2.45) is 0 Å². The highest BCUT2D eigenvalue weighted by molar-refractivity contribution is 5.90. The van der Waals surface area contributed by atoms with Gasteiger partial charge < -0.3 is 9.72 Å². The molecule has 1 aromatic heterocycles. The summed E-state index contributed by atoms with van der Waals surface area (Å²) in [6.45, 7) is 4.95. The van der Waals surface area contributed by atoms with Gasteiger partial charge in [0, 0.05) is 0 Å². The van der Waals surface area contributed by atoms with Crippen molar-refractivity contribution in [3.05, 3.63) is 63.9 Å². The molecule has 0 fully saturated rings. The summed E-state index contributed by atoms with van der Waals surface area (Å²) in [5.41, 5.74) is -1.78. The minimum absolute atomic E-state index is 0.251. The van der Waals surface area contributed by atoms with Gasteiger partial charge >= 0.3 is 5.97 Å². The lowest BCUT2D eigenvalue weighted by molar-refractivity contribution is 0.00685. The first-order valence-electron chi connectivity index (χ1n) is 7.87. The predicted octanol–water partition coefficient (Wildman–Crippen LogP) is 3.82. The van der Waals surface area contributed by atoms with Crippen LogP contribution in [0.3, 0.4) is 0 Å². The molecule has 3 aromatic rings. The van der Waals surface area contributed by atoms with Crippen LogP contribution in [0.25, 0.3) is 22.3 Å². The lowest BCUT2D eigenvalue weighted by Crippen LogP contribution is -2.24. The fourth-order valence-electron chi connectivity index (χ4n) is 2.46. The Balaban J connectivity index is 2.10. The van der Waals surface area contributed by atoms with Crippen molar-refractivity contribution in [1.29, 1.82) is 0 Å². The molecule has 0 atom stereocenters. The Labute approximate surface area is 147 Å². The maximum atomic E-state index is 14.5. The Morgan fingerprint density at radius 3 is 2.35 bits per heavy atom. The zero-order valence-corrected chi connectivity index (χ0v) is 14.4. The second kappa shape index (κ2) is 6.33. The molecule has 1 N–H and O–H groups in total. The van der Waals surface area contributed by atoms with Gasteiger partial charge in [0.05, 0.1) is 22.0 Å². The van der Waals surface area contributed by atoms with Crippen molar-refractivity contribution in [2.75, 3.05) is 0 Å². The summed E-state index contributed by atoms with van der Waals surface area (Å²) in [4.78, 5) is 30.6. The van der Waals surface area contributed by atoms with E-state index in [9.17, 15) is 18.4 Å². The van der Waals surface area contributed by atoms with Crippen LogP contribution in [0.2, 0.25) is 0 Å². The van der Waals surface area contributed by atoms with Crippen LogP contribution in [-0.2, 0) is 4.74 Å². The number of aromatic amines is 1. The minimum atomic E-state index is -1.02. The molecule has 0 bridgehead atoms. The van der Waals surface area contributed by atoms with E-state index in [2.05, 4.69) is 9.97 Å². The molecule has 0 saturated heterocycles. The summed E-state index contributed by atoms with van der Waals surface area (Å²) in [7, 11) is 0. The molecule has 1 heterocycles. The smallest absolute Gasteiger partial charge is 0.338 e. The number of aromatic nitrogens is 2. The monoisotopic (exact) mass is 358 g/mol. The van der Waals surface area contributed by atoms with Crippen LogP contribution in [0.15, 0.2) is 41.2 Å². The summed E-state index contributed by atoms with van der Waals surface area (Å²) in [5.74, 6) is -3.14. The van der Waals surface area contributed by atoms with Crippen LogP contribution in [-0.4, -0.2) is 21.5 Å². The summed E-state index contributed by atoms with van der Waals surface area (Å²) < 4.78 is 34.1. The van der Waals surface area contributed by atoms with Gasteiger partial charge in [-0.3, -0.25) is 4.79 Å². The Kier molecular flexibility index (Phi) is 4.31. The van der Waals surface area contributed by atoms with Crippen LogP contribution in [0.1, 0.15) is 31.1 Å². The third-order valence-corrected chi connectivity index (χ3v) is 3.53. The number of H-pyrrole nitrogens is 1. The van der Waals surface area contributed by atoms with Crippen molar-refractivity contribution < 1.29 is 18.3 Å². The molecule has 134 valence electrons. The van der Waals surface area contributed by atoms with E-state index in [1.165, 1.54) is 0 Å². The van der Waals surface area contributed by atoms with Crippen LogP contribution in [0.4, 0.5) is 8.78 Å². The van der Waals surface area contributed by atoms with Gasteiger partial charge in [-0.1, -0.05) is 12.1 Å². The maximum absolute atomic E-state index is 14.5. The number of carbonyl (C=O) groups is 1. The Hall–Kier alpha value is -3.09. The SMILES string of the molecule is CC(C)(C)OC(=O)c1cc(F)c(-c2nc3ccccc3c(=O)[nH]2)c(F)c1. The molecular formula is C19H16F2N2O3. The highest BCUT2D eigenvalue weighted by Crippen LogP contribution is 2.26. The van der Waals surface area contributed by atoms with Crippen LogP contribution >= 0.6 is 0 Å². The Morgan fingerprint density at radius 1 is 1.12 bits per heavy atom. The van der Waals surface area contributed by atoms with E-state index in [1.54, 1.807) is 45.0 Å². The fourth-order valence-corrected chi connectivity index (χ4v) is 2.46. The van der Waals surface area contributed by atoms with Crippen molar-refractivity contribution >= 4 is 16.9 Å². The number of carbonyl (C=O) groups excluding carboxylic acids is 1. The van der Waals surface area contributed by atoms with E-state index in [-0.39, 0.29) is 11.4 Å². The largest absolute Gasteiger partial charge is 0.456 e. The number of nitrogens with zero attached hydrogens (tertiary/aromatic N) is 1. The number of rotatable bonds is 2. The highest BCUT2D eigenvalue weighted by atomic mass is 19.1. The minimum Gasteiger partial charge on any atom is -0.456 e. The first-order valence-corrected chi connectivity index (χ1v) is 7.87. The lowest BCUT2D eigenvalue weighted by atomic mass is 10.1. The van der Waals surface area contributed by atoms with Crippen molar-refractivity contribution in [3.8, 4) is 11.4 Å². The number of hydrogen-bond donors (Lipinski definition) is 1. The van der Waals surface area contributed by atoms with Gasteiger partial charge in [0.1, 0.15) is 23.1 Å². The van der Waals surface area contributed by atoms with Gasteiger partial charge in [-0.25, -0.2) is 18.6 Å². The average molecular weight is 358 g/mol. The Bertz CT molecular complexity index is 1050. The topological polar surface area (TPSA) is 72.0 Å². The number of hydrogen-bond acceptors (Lipinski definition) is 4. The van der Waals surface area contributed by atoms with Gasteiger partial charge in [0.2, 0.25) is 0 Å². The lowest BCUT2D eigenvalue weighted by Gasteiger charge is -2.19. The van der Waals surface area contributed by atoms with Gasteiger partial charge in [-0.2, -0.15) is 0 Å². The van der Waals surface area contributed by atoms with E-state index < -0.39 is 34.3 Å². The molecule has 0 amide bonds.